The molecule has 0 aliphatic carbocycles. The van der Waals surface area contributed by atoms with Gasteiger partial charge >= 0.3 is 0 Å². The van der Waals surface area contributed by atoms with Crippen molar-refractivity contribution in [2.24, 2.45) is 4.99 Å². The monoisotopic (exact) mass is 500 g/mol. The van der Waals surface area contributed by atoms with E-state index in [-0.39, 0.29) is 41.5 Å². The minimum absolute atomic E-state index is 0. The highest BCUT2D eigenvalue weighted by Gasteiger charge is 2.26. The fraction of sp³-hybridized carbons (Fsp3) is 0.562. The van der Waals surface area contributed by atoms with Gasteiger partial charge in [0.05, 0.1) is 5.75 Å². The maximum Gasteiger partial charge on any atom is 0.213 e. The average molecular weight is 500 g/mol. The third-order valence-corrected chi connectivity index (χ3v) is 6.13. The summed E-state index contributed by atoms with van der Waals surface area (Å²) in [5, 5.41) is 15.6. The van der Waals surface area contributed by atoms with Crippen LogP contribution >= 0.6 is 24.0 Å². The minimum Gasteiger partial charge on any atom is -0.505 e. The normalized spacial score (nSPS) is 16.8. The fourth-order valence-corrected chi connectivity index (χ4v) is 3.83. The Hall–Kier alpha value is -1.14. The largest absolute Gasteiger partial charge is 0.505 e. The summed E-state index contributed by atoms with van der Waals surface area (Å²) in [5.74, 6) is -0.339. The number of nitrogens with zero attached hydrogens (tertiary/aromatic N) is 2. The summed E-state index contributed by atoms with van der Waals surface area (Å²) >= 11 is 0. The summed E-state index contributed by atoms with van der Waals surface area (Å²) in [4.78, 5) is 4.14. The molecule has 1 aromatic rings. The lowest BCUT2D eigenvalue weighted by Gasteiger charge is -2.32. The van der Waals surface area contributed by atoms with Crippen molar-refractivity contribution in [2.75, 3.05) is 25.9 Å². The zero-order valence-corrected chi connectivity index (χ0v) is 18.1. The Balaban J connectivity index is 0.00000338. The molecule has 1 aliphatic rings. The van der Waals surface area contributed by atoms with Crippen molar-refractivity contribution >= 4 is 40.0 Å². The summed E-state index contributed by atoms with van der Waals surface area (Å²) < 4.78 is 38.6. The number of benzene rings is 1. The van der Waals surface area contributed by atoms with Crippen molar-refractivity contribution in [2.45, 2.75) is 32.4 Å². The van der Waals surface area contributed by atoms with Crippen LogP contribution in [-0.2, 0) is 16.6 Å². The van der Waals surface area contributed by atoms with E-state index in [4.69, 9.17) is 0 Å². The summed E-state index contributed by atoms with van der Waals surface area (Å²) in [5.41, 5.74) is 0.683. The molecule has 10 heteroatoms. The molecule has 26 heavy (non-hydrogen) atoms. The molecule has 0 radical (unpaired) electrons. The van der Waals surface area contributed by atoms with Crippen molar-refractivity contribution in [1.82, 2.24) is 14.9 Å². The molecular weight excluding hydrogens is 474 g/mol. The molecule has 0 atom stereocenters. The Labute approximate surface area is 171 Å². The highest BCUT2D eigenvalue weighted by molar-refractivity contribution is 14.0. The molecule has 0 unspecified atom stereocenters. The number of rotatable bonds is 5. The van der Waals surface area contributed by atoms with Crippen LogP contribution in [-0.4, -0.2) is 55.7 Å². The van der Waals surface area contributed by atoms with Gasteiger partial charge in [0.1, 0.15) is 0 Å². The Kier molecular flexibility index (Phi) is 9.04. The first-order chi connectivity index (χ1) is 11.9. The van der Waals surface area contributed by atoms with Crippen LogP contribution in [0.3, 0.4) is 0 Å². The first-order valence-corrected chi connectivity index (χ1v) is 9.89. The molecule has 1 heterocycles. The number of hydrogen-bond acceptors (Lipinski definition) is 4. The lowest BCUT2D eigenvalue weighted by molar-refractivity contribution is 0.306. The number of phenols is 1. The number of phenolic OH excluding ortho intramolecular Hbond substituents is 1. The van der Waals surface area contributed by atoms with Gasteiger partial charge in [0, 0.05) is 32.7 Å². The molecule has 0 aromatic heterocycles. The topological polar surface area (TPSA) is 94.0 Å². The molecule has 1 fully saturated rings. The second kappa shape index (κ2) is 10.3. The van der Waals surface area contributed by atoms with Gasteiger partial charge in [0.25, 0.3) is 0 Å². The van der Waals surface area contributed by atoms with Crippen molar-refractivity contribution in [1.29, 1.82) is 0 Å². The van der Waals surface area contributed by atoms with Gasteiger partial charge in [0.2, 0.25) is 10.0 Å². The van der Waals surface area contributed by atoms with E-state index in [2.05, 4.69) is 15.6 Å². The fourth-order valence-electron chi connectivity index (χ4n) is 2.70. The molecule has 7 nitrogen and oxygen atoms in total. The summed E-state index contributed by atoms with van der Waals surface area (Å²) in [6.45, 7) is 3.00. The molecule has 148 valence electrons. The molecule has 3 N–H and O–H groups in total. The lowest BCUT2D eigenvalue weighted by Crippen LogP contribution is -2.49. The van der Waals surface area contributed by atoms with E-state index in [0.29, 0.717) is 44.0 Å². The van der Waals surface area contributed by atoms with E-state index in [1.165, 1.54) is 16.4 Å². The lowest BCUT2D eigenvalue weighted by atomic mass is 10.1. The quantitative estimate of drug-likeness (QED) is 0.325. The second-order valence-electron chi connectivity index (χ2n) is 5.93. The number of guanidine groups is 1. The number of halogens is 2. The van der Waals surface area contributed by atoms with E-state index in [1.54, 1.807) is 20.0 Å². The van der Waals surface area contributed by atoms with Crippen LogP contribution in [0.25, 0.3) is 0 Å². The molecule has 1 aliphatic heterocycles. The number of hydrogen-bond donors (Lipinski definition) is 3. The molecular formula is C16H26FIN4O3S. The molecule has 1 aromatic carbocycles. The Morgan fingerprint density at radius 3 is 2.58 bits per heavy atom. The van der Waals surface area contributed by atoms with Crippen LogP contribution in [0.1, 0.15) is 25.3 Å². The van der Waals surface area contributed by atoms with Crippen molar-refractivity contribution < 1.29 is 17.9 Å². The van der Waals surface area contributed by atoms with Crippen molar-refractivity contribution in [3.63, 3.8) is 0 Å². The number of sulfonamides is 1. The summed E-state index contributed by atoms with van der Waals surface area (Å²) in [7, 11) is -1.49. The maximum absolute atomic E-state index is 13.3. The van der Waals surface area contributed by atoms with Crippen LogP contribution in [0.4, 0.5) is 4.39 Å². The standard InChI is InChI=1S/C16H25FN4O3S.HI/c1-3-25(23,24)21-8-6-13(7-9-21)20-16(18-2)19-11-12-4-5-15(22)14(17)10-12;/h4-5,10,13,22H,3,6-9,11H2,1-2H3,(H2,18,19,20);1H. The Morgan fingerprint density at radius 2 is 2.04 bits per heavy atom. The van der Waals surface area contributed by atoms with Gasteiger partial charge in [-0.05, 0) is 37.5 Å². The Morgan fingerprint density at radius 1 is 1.38 bits per heavy atom. The minimum atomic E-state index is -3.13. The van der Waals surface area contributed by atoms with Gasteiger partial charge in [-0.25, -0.2) is 17.1 Å². The van der Waals surface area contributed by atoms with Crippen molar-refractivity contribution in [3.8, 4) is 5.75 Å². The SMILES string of the molecule is CCS(=O)(=O)N1CCC(NC(=NC)NCc2ccc(O)c(F)c2)CC1.I. The van der Waals surface area contributed by atoms with E-state index in [9.17, 15) is 17.9 Å². The molecule has 0 saturated carbocycles. The van der Waals surface area contributed by atoms with Gasteiger partial charge in [-0.1, -0.05) is 6.07 Å². The van der Waals surface area contributed by atoms with Gasteiger partial charge in [0.15, 0.2) is 17.5 Å². The molecule has 0 bridgehead atoms. The van der Waals surface area contributed by atoms with Crippen LogP contribution in [0.2, 0.25) is 0 Å². The smallest absolute Gasteiger partial charge is 0.213 e. The van der Waals surface area contributed by atoms with Crippen LogP contribution in [0.15, 0.2) is 23.2 Å². The highest BCUT2D eigenvalue weighted by Crippen LogP contribution is 2.16. The van der Waals surface area contributed by atoms with Crippen LogP contribution in [0, 0.1) is 5.82 Å². The summed E-state index contributed by atoms with van der Waals surface area (Å²) in [6, 6.07) is 4.34. The molecule has 0 spiro atoms. The van der Waals surface area contributed by atoms with Crippen LogP contribution < -0.4 is 10.6 Å². The first-order valence-electron chi connectivity index (χ1n) is 8.28. The van der Waals surface area contributed by atoms with E-state index in [0.717, 1.165) is 0 Å². The molecule has 0 amide bonds. The van der Waals surface area contributed by atoms with E-state index < -0.39 is 15.8 Å². The second-order valence-corrected chi connectivity index (χ2v) is 8.19. The van der Waals surface area contributed by atoms with Gasteiger partial charge in [-0.3, -0.25) is 4.99 Å². The van der Waals surface area contributed by atoms with Gasteiger partial charge in [-0.15, -0.1) is 24.0 Å². The Bertz CT molecular complexity index is 722. The van der Waals surface area contributed by atoms with Gasteiger partial charge in [-0.2, -0.15) is 0 Å². The zero-order valence-electron chi connectivity index (χ0n) is 14.9. The first kappa shape index (κ1) is 22.9. The van der Waals surface area contributed by atoms with E-state index >= 15 is 0 Å². The number of aromatic hydroxyl groups is 1. The third-order valence-electron chi connectivity index (χ3n) is 4.25. The number of nitrogens with one attached hydrogen (secondary N) is 2. The average Bonchev–Trinajstić information content (AvgIpc) is 2.61. The maximum atomic E-state index is 13.3. The zero-order chi connectivity index (χ0) is 18.4. The summed E-state index contributed by atoms with van der Waals surface area (Å²) in [6.07, 6.45) is 1.40. The van der Waals surface area contributed by atoms with Crippen molar-refractivity contribution in [3.05, 3.63) is 29.6 Å². The molecule has 1 saturated heterocycles. The number of piperidine rings is 1. The molecule has 2 rings (SSSR count). The number of aliphatic imine (C=N–C) groups is 1. The van der Waals surface area contributed by atoms with E-state index in [1.807, 2.05) is 0 Å². The highest BCUT2D eigenvalue weighted by atomic mass is 127. The van der Waals surface area contributed by atoms with Crippen LogP contribution in [0.5, 0.6) is 5.75 Å². The third kappa shape index (κ3) is 6.23. The van der Waals surface area contributed by atoms with Gasteiger partial charge < -0.3 is 15.7 Å². The predicted octanol–water partition coefficient (Wildman–Crippen LogP) is 1.63. The predicted molar refractivity (Wildman–Crippen MR) is 111 cm³/mol.